The van der Waals surface area contributed by atoms with Crippen LogP contribution >= 0.6 is 0 Å². The van der Waals surface area contributed by atoms with E-state index < -0.39 is 11.2 Å². The summed E-state index contributed by atoms with van der Waals surface area (Å²) in [6, 6.07) is 0. The summed E-state index contributed by atoms with van der Waals surface area (Å²) >= 11 is 0. The number of unbranched alkanes of at least 4 members (excludes halogenated alkanes) is 7. The number of nitrogens with zero attached hydrogens (tertiary/aromatic N) is 1. The molecule has 118 valence electrons. The smallest absolute Gasteiger partial charge is 0.349 e. The van der Waals surface area contributed by atoms with Crippen molar-refractivity contribution in [1.29, 1.82) is 0 Å². The molecule has 0 saturated carbocycles. The molecule has 0 saturated heterocycles. The molecule has 1 atom stereocenters. The van der Waals surface area contributed by atoms with E-state index in [0.717, 1.165) is 44.9 Å². The highest BCUT2D eigenvalue weighted by Gasteiger charge is 2.15. The fourth-order valence-electron chi connectivity index (χ4n) is 1.98. The molecular weight excluding hydrogens is 265 g/mol. The van der Waals surface area contributed by atoms with Gasteiger partial charge < -0.3 is 4.74 Å². The second kappa shape index (κ2) is 12.8. The number of hydrogen-bond donors (Lipinski definition) is 0. The molecular formula is C14H26FNO4. The molecule has 0 aliphatic carbocycles. The van der Waals surface area contributed by atoms with E-state index in [0.29, 0.717) is 19.4 Å². The number of nitro groups is 1. The van der Waals surface area contributed by atoms with Gasteiger partial charge in [0.05, 0.1) is 11.5 Å². The monoisotopic (exact) mass is 291 g/mol. The van der Waals surface area contributed by atoms with Crippen molar-refractivity contribution < 1.29 is 18.8 Å². The maximum atomic E-state index is 12.6. The second-order valence-corrected chi connectivity index (χ2v) is 4.89. The van der Waals surface area contributed by atoms with Crippen LogP contribution in [0.15, 0.2) is 0 Å². The number of carbonyl (C=O) groups excluding carboxylic acids is 1. The number of hydrogen-bond acceptors (Lipinski definition) is 4. The molecule has 0 fully saturated rings. The van der Waals surface area contributed by atoms with Gasteiger partial charge in [0.15, 0.2) is 0 Å². The van der Waals surface area contributed by atoms with Crippen molar-refractivity contribution in [3.05, 3.63) is 10.1 Å². The van der Waals surface area contributed by atoms with E-state index in [1.54, 1.807) is 6.92 Å². The molecule has 20 heavy (non-hydrogen) atoms. The summed E-state index contributed by atoms with van der Waals surface area (Å²) in [6.07, 6.45) is 6.14. The van der Waals surface area contributed by atoms with Crippen molar-refractivity contribution in [2.75, 3.05) is 6.61 Å². The standard InChI is InChI=1S/C14H26FNO4/c1-2-20-14(17)12-10-8-6-4-3-5-7-9-11-13(15)16(18)19/h13H,2-12H2,1H3. The Labute approximate surface area is 120 Å². The number of carbonyl (C=O) groups is 1. The second-order valence-electron chi connectivity index (χ2n) is 4.89. The Morgan fingerprint density at radius 1 is 1.10 bits per heavy atom. The first-order chi connectivity index (χ1) is 9.57. The van der Waals surface area contributed by atoms with Gasteiger partial charge >= 0.3 is 12.3 Å². The van der Waals surface area contributed by atoms with E-state index in [2.05, 4.69) is 0 Å². The molecule has 0 bridgehead atoms. The van der Waals surface area contributed by atoms with Crippen molar-refractivity contribution in [2.45, 2.75) is 77.4 Å². The Balaban J connectivity index is 3.17. The first-order valence-corrected chi connectivity index (χ1v) is 7.51. The zero-order valence-corrected chi connectivity index (χ0v) is 12.3. The van der Waals surface area contributed by atoms with Gasteiger partial charge in [-0.2, -0.15) is 4.39 Å². The predicted octanol–water partition coefficient (Wildman–Crippen LogP) is 4.02. The van der Waals surface area contributed by atoms with Crippen molar-refractivity contribution in [3.63, 3.8) is 0 Å². The molecule has 0 aromatic heterocycles. The lowest BCUT2D eigenvalue weighted by atomic mass is 10.1. The Morgan fingerprint density at radius 2 is 1.60 bits per heavy atom. The molecule has 0 aliphatic rings. The molecule has 0 amide bonds. The van der Waals surface area contributed by atoms with Gasteiger partial charge in [0.25, 0.3) is 0 Å². The van der Waals surface area contributed by atoms with Gasteiger partial charge in [-0.1, -0.05) is 38.5 Å². The maximum absolute atomic E-state index is 12.6. The van der Waals surface area contributed by atoms with E-state index >= 15 is 0 Å². The Morgan fingerprint density at radius 3 is 2.10 bits per heavy atom. The fraction of sp³-hybridized carbons (Fsp3) is 0.929. The van der Waals surface area contributed by atoms with Crippen LogP contribution in [0.5, 0.6) is 0 Å². The lowest BCUT2D eigenvalue weighted by Gasteiger charge is -2.03. The molecule has 0 spiro atoms. The summed E-state index contributed by atoms with van der Waals surface area (Å²) in [5, 5.41) is 10.1. The van der Waals surface area contributed by atoms with Gasteiger partial charge in [-0.25, -0.2) is 0 Å². The average Bonchev–Trinajstić information content (AvgIpc) is 2.40. The lowest BCUT2D eigenvalue weighted by Crippen LogP contribution is -2.12. The van der Waals surface area contributed by atoms with Crippen molar-refractivity contribution in [1.82, 2.24) is 0 Å². The van der Waals surface area contributed by atoms with Gasteiger partial charge in [-0.3, -0.25) is 14.9 Å². The molecule has 0 aromatic rings. The number of halogens is 1. The Kier molecular flexibility index (Phi) is 12.0. The lowest BCUT2D eigenvalue weighted by molar-refractivity contribution is -0.554. The Hall–Kier alpha value is -1.20. The van der Waals surface area contributed by atoms with Gasteiger partial charge in [0.1, 0.15) is 0 Å². The average molecular weight is 291 g/mol. The van der Waals surface area contributed by atoms with E-state index in [9.17, 15) is 19.3 Å². The van der Waals surface area contributed by atoms with Crippen LogP contribution in [-0.4, -0.2) is 23.8 Å². The zero-order valence-electron chi connectivity index (χ0n) is 12.3. The third-order valence-corrected chi connectivity index (χ3v) is 3.11. The van der Waals surface area contributed by atoms with Gasteiger partial charge in [0, 0.05) is 12.8 Å². The highest BCUT2D eigenvalue weighted by molar-refractivity contribution is 5.69. The quantitative estimate of drug-likeness (QED) is 0.169. The first-order valence-electron chi connectivity index (χ1n) is 7.51. The third kappa shape index (κ3) is 11.9. The molecule has 0 aliphatic heterocycles. The SMILES string of the molecule is CCOC(=O)CCCCCCCCCCC(F)[N+](=O)[O-]. The fourth-order valence-corrected chi connectivity index (χ4v) is 1.98. The van der Waals surface area contributed by atoms with E-state index in [1.165, 1.54) is 0 Å². The van der Waals surface area contributed by atoms with Gasteiger partial charge in [0.2, 0.25) is 0 Å². The van der Waals surface area contributed by atoms with E-state index in [4.69, 9.17) is 4.74 Å². The van der Waals surface area contributed by atoms with Crippen LogP contribution in [0.4, 0.5) is 4.39 Å². The molecule has 6 heteroatoms. The van der Waals surface area contributed by atoms with E-state index in [1.807, 2.05) is 0 Å². The van der Waals surface area contributed by atoms with Crippen LogP contribution in [0.2, 0.25) is 0 Å². The normalized spacial score (nSPS) is 12.1. The summed E-state index contributed by atoms with van der Waals surface area (Å²) in [4.78, 5) is 20.2. The van der Waals surface area contributed by atoms with Crippen molar-refractivity contribution in [2.24, 2.45) is 0 Å². The highest BCUT2D eigenvalue weighted by Crippen LogP contribution is 2.12. The number of rotatable bonds is 13. The molecule has 0 aromatic carbocycles. The summed E-state index contributed by atoms with van der Waals surface area (Å²) in [5.74, 6) is -0.126. The van der Waals surface area contributed by atoms with Crippen LogP contribution in [0.25, 0.3) is 0 Å². The van der Waals surface area contributed by atoms with E-state index in [-0.39, 0.29) is 12.4 Å². The van der Waals surface area contributed by atoms with Crippen LogP contribution < -0.4 is 0 Å². The van der Waals surface area contributed by atoms with Crippen LogP contribution in [0.3, 0.4) is 0 Å². The molecule has 0 N–H and O–H groups in total. The highest BCUT2D eigenvalue weighted by atomic mass is 19.1. The van der Waals surface area contributed by atoms with Gasteiger partial charge in [-0.05, 0) is 19.8 Å². The van der Waals surface area contributed by atoms with Gasteiger partial charge in [-0.15, -0.1) is 0 Å². The number of ether oxygens (including phenoxy) is 1. The minimum atomic E-state index is -1.90. The molecule has 0 radical (unpaired) electrons. The summed E-state index contributed by atoms with van der Waals surface area (Å²) in [5.41, 5.74) is 0. The van der Waals surface area contributed by atoms with Crippen LogP contribution in [-0.2, 0) is 9.53 Å². The zero-order chi connectivity index (χ0) is 15.2. The maximum Gasteiger partial charge on any atom is 0.349 e. The topological polar surface area (TPSA) is 69.4 Å². The predicted molar refractivity (Wildman–Crippen MR) is 74.7 cm³/mol. The minimum absolute atomic E-state index is 0.0204. The number of esters is 1. The van der Waals surface area contributed by atoms with Crippen LogP contribution in [0.1, 0.15) is 71.1 Å². The van der Waals surface area contributed by atoms with Crippen molar-refractivity contribution >= 4 is 5.97 Å². The largest absolute Gasteiger partial charge is 0.466 e. The minimum Gasteiger partial charge on any atom is -0.466 e. The Bertz CT molecular complexity index is 274. The van der Waals surface area contributed by atoms with Crippen molar-refractivity contribution in [3.8, 4) is 0 Å². The third-order valence-electron chi connectivity index (χ3n) is 3.11. The van der Waals surface area contributed by atoms with Crippen LogP contribution in [0, 0.1) is 10.1 Å². The number of alkyl halides is 1. The molecule has 5 nitrogen and oxygen atoms in total. The summed E-state index contributed by atoms with van der Waals surface area (Å²) < 4.78 is 17.5. The molecule has 0 heterocycles. The molecule has 1 unspecified atom stereocenters. The summed E-state index contributed by atoms with van der Waals surface area (Å²) in [6.45, 7) is 2.24. The summed E-state index contributed by atoms with van der Waals surface area (Å²) in [7, 11) is 0. The first kappa shape index (κ1) is 18.8. The molecule has 0 rings (SSSR count).